The first-order valence-corrected chi connectivity index (χ1v) is 11.0. The Morgan fingerprint density at radius 3 is 2.93 bits per heavy atom. The van der Waals surface area contributed by atoms with Gasteiger partial charge in [-0.2, -0.15) is 0 Å². The summed E-state index contributed by atoms with van der Waals surface area (Å²) in [4.78, 5) is 39.6. The van der Waals surface area contributed by atoms with Crippen LogP contribution in [0.3, 0.4) is 0 Å². The number of hydrogen-bond acceptors (Lipinski definition) is 5. The van der Waals surface area contributed by atoms with Crippen LogP contribution in [0.2, 0.25) is 0 Å². The fraction of sp³-hybridized carbons (Fsp3) is 0.350. The number of benzene rings is 1. The van der Waals surface area contributed by atoms with Crippen molar-refractivity contribution in [3.63, 3.8) is 0 Å². The van der Waals surface area contributed by atoms with Crippen molar-refractivity contribution in [1.82, 2.24) is 10.9 Å². The summed E-state index contributed by atoms with van der Waals surface area (Å²) < 4.78 is 0. The minimum absolute atomic E-state index is 0.0103. The van der Waals surface area contributed by atoms with Gasteiger partial charge in [0.25, 0.3) is 5.91 Å². The second kappa shape index (κ2) is 7.97. The zero-order chi connectivity index (χ0) is 19.7. The lowest BCUT2D eigenvalue weighted by atomic mass is 9.90. The van der Waals surface area contributed by atoms with E-state index in [4.69, 9.17) is 0 Å². The Balaban J connectivity index is 1.31. The molecule has 0 saturated heterocycles. The van der Waals surface area contributed by atoms with Crippen molar-refractivity contribution in [2.75, 3.05) is 5.32 Å². The van der Waals surface area contributed by atoms with Crippen LogP contribution in [-0.4, -0.2) is 23.0 Å². The van der Waals surface area contributed by atoms with Gasteiger partial charge < -0.3 is 5.32 Å². The largest absolute Gasteiger partial charge is 0.324 e. The van der Waals surface area contributed by atoms with Gasteiger partial charge in [-0.1, -0.05) is 19.1 Å². The summed E-state index contributed by atoms with van der Waals surface area (Å²) in [7, 11) is 0. The molecule has 0 fully saturated rings. The van der Waals surface area contributed by atoms with Gasteiger partial charge in [0.15, 0.2) is 0 Å². The van der Waals surface area contributed by atoms with Gasteiger partial charge in [0, 0.05) is 16.2 Å². The molecule has 1 aliphatic heterocycles. The van der Waals surface area contributed by atoms with Crippen LogP contribution in [0, 0.1) is 5.92 Å². The van der Waals surface area contributed by atoms with Crippen molar-refractivity contribution in [2.45, 2.75) is 42.8 Å². The number of fused-ring (bicyclic) bond motifs is 2. The van der Waals surface area contributed by atoms with Gasteiger partial charge in [-0.25, -0.2) is 0 Å². The number of hydrazine groups is 1. The Hall–Kier alpha value is -2.32. The summed E-state index contributed by atoms with van der Waals surface area (Å²) in [6.45, 7) is 2.22. The highest BCUT2D eigenvalue weighted by Gasteiger charge is 2.29. The quantitative estimate of drug-likeness (QED) is 0.672. The van der Waals surface area contributed by atoms with Crippen LogP contribution in [0.1, 0.15) is 39.9 Å². The summed E-state index contributed by atoms with van der Waals surface area (Å²) in [5, 5.41) is 2.29. The standard InChI is InChI=1S/C20H21N3O3S2/c1-11-6-7-14-12(8-11)9-16(27-14)20(26)23-22-18(24)10-17-19(25)21-13-4-2-3-5-15(13)28-17/h2-5,9,11,17H,6-8,10H2,1H3,(H,21,25)(H,22,24)(H,23,26)/t11-,17+/m1/s1. The molecule has 0 bridgehead atoms. The van der Waals surface area contributed by atoms with Crippen LogP contribution in [0.4, 0.5) is 5.69 Å². The van der Waals surface area contributed by atoms with E-state index in [2.05, 4.69) is 23.1 Å². The van der Waals surface area contributed by atoms with Crippen LogP contribution >= 0.6 is 23.1 Å². The topological polar surface area (TPSA) is 87.3 Å². The summed E-state index contributed by atoms with van der Waals surface area (Å²) in [6.07, 6.45) is 3.15. The van der Waals surface area contributed by atoms with E-state index in [0.717, 1.165) is 29.8 Å². The molecule has 2 heterocycles. The van der Waals surface area contributed by atoms with Crippen molar-refractivity contribution in [3.05, 3.63) is 45.6 Å². The Morgan fingerprint density at radius 2 is 2.07 bits per heavy atom. The Morgan fingerprint density at radius 1 is 1.25 bits per heavy atom. The van der Waals surface area contributed by atoms with Crippen molar-refractivity contribution < 1.29 is 14.4 Å². The van der Waals surface area contributed by atoms with Crippen LogP contribution in [0.5, 0.6) is 0 Å². The Kier molecular flexibility index (Phi) is 5.41. The summed E-state index contributed by atoms with van der Waals surface area (Å²) in [5.41, 5.74) is 6.92. The van der Waals surface area contributed by atoms with Gasteiger partial charge in [-0.3, -0.25) is 25.2 Å². The lowest BCUT2D eigenvalue weighted by Crippen LogP contribution is -2.43. The van der Waals surface area contributed by atoms with E-state index >= 15 is 0 Å². The highest BCUT2D eigenvalue weighted by molar-refractivity contribution is 8.01. The van der Waals surface area contributed by atoms with Crippen LogP contribution in [0.15, 0.2) is 35.2 Å². The maximum absolute atomic E-state index is 12.4. The molecular formula is C20H21N3O3S2. The molecule has 6 nitrogen and oxygen atoms in total. The molecule has 4 rings (SSSR count). The highest BCUT2D eigenvalue weighted by atomic mass is 32.2. The van der Waals surface area contributed by atoms with Crippen molar-refractivity contribution in [2.24, 2.45) is 5.92 Å². The number of aryl methyl sites for hydroxylation is 1. The number of nitrogens with one attached hydrogen (secondary N) is 3. The number of carbonyl (C=O) groups is 3. The van der Waals surface area contributed by atoms with Gasteiger partial charge >= 0.3 is 0 Å². The molecule has 2 atom stereocenters. The maximum atomic E-state index is 12.4. The number of rotatable bonds is 3. The van der Waals surface area contributed by atoms with Gasteiger partial charge in [-0.05, 0) is 48.9 Å². The van der Waals surface area contributed by atoms with Crippen molar-refractivity contribution in [3.8, 4) is 0 Å². The second-order valence-corrected chi connectivity index (χ2v) is 9.59. The maximum Gasteiger partial charge on any atom is 0.279 e. The average Bonchev–Trinajstić information content (AvgIpc) is 3.10. The zero-order valence-corrected chi connectivity index (χ0v) is 17.0. The molecule has 1 aromatic carbocycles. The minimum Gasteiger partial charge on any atom is -0.324 e. The molecule has 1 aromatic heterocycles. The first kappa shape index (κ1) is 19.0. The highest BCUT2D eigenvalue weighted by Crippen LogP contribution is 2.36. The van der Waals surface area contributed by atoms with Crippen molar-refractivity contribution >= 4 is 46.5 Å². The van der Waals surface area contributed by atoms with E-state index in [1.165, 1.54) is 33.5 Å². The van der Waals surface area contributed by atoms with Gasteiger partial charge in [0.1, 0.15) is 0 Å². The molecule has 0 saturated carbocycles. The molecule has 3 amide bonds. The molecule has 8 heteroatoms. The van der Waals surface area contributed by atoms with Gasteiger partial charge in [0.2, 0.25) is 11.8 Å². The van der Waals surface area contributed by atoms with E-state index in [1.54, 1.807) is 0 Å². The third-order valence-electron chi connectivity index (χ3n) is 4.95. The van der Waals surface area contributed by atoms with E-state index in [9.17, 15) is 14.4 Å². The molecule has 3 N–H and O–H groups in total. The Labute approximate surface area is 171 Å². The molecular weight excluding hydrogens is 394 g/mol. The summed E-state index contributed by atoms with van der Waals surface area (Å²) >= 11 is 2.85. The molecule has 2 aromatic rings. The number of carbonyl (C=O) groups excluding carboxylic acids is 3. The fourth-order valence-electron chi connectivity index (χ4n) is 3.45. The third kappa shape index (κ3) is 4.07. The summed E-state index contributed by atoms with van der Waals surface area (Å²) in [5.74, 6) is -0.269. The lowest BCUT2D eigenvalue weighted by molar-refractivity contribution is -0.124. The first-order chi connectivity index (χ1) is 13.5. The average molecular weight is 416 g/mol. The molecule has 0 unspecified atom stereocenters. The first-order valence-electron chi connectivity index (χ1n) is 9.27. The zero-order valence-electron chi connectivity index (χ0n) is 15.4. The van der Waals surface area contributed by atoms with Gasteiger partial charge in [-0.15, -0.1) is 23.1 Å². The predicted molar refractivity (Wildman–Crippen MR) is 110 cm³/mol. The smallest absolute Gasteiger partial charge is 0.279 e. The van der Waals surface area contributed by atoms with Crippen molar-refractivity contribution in [1.29, 1.82) is 0 Å². The Bertz CT molecular complexity index is 941. The van der Waals surface area contributed by atoms with E-state index in [-0.39, 0.29) is 18.2 Å². The molecule has 1 aliphatic carbocycles. The lowest BCUT2D eigenvalue weighted by Gasteiger charge is -2.23. The number of thiophene rings is 1. The molecule has 0 spiro atoms. The molecule has 0 radical (unpaired) electrons. The molecule has 28 heavy (non-hydrogen) atoms. The summed E-state index contributed by atoms with van der Waals surface area (Å²) in [6, 6.07) is 9.41. The number of hydrogen-bond donors (Lipinski definition) is 3. The predicted octanol–water partition coefficient (Wildman–Crippen LogP) is 3.14. The van der Waals surface area contributed by atoms with E-state index in [1.807, 2.05) is 30.3 Å². The minimum atomic E-state index is -0.526. The van der Waals surface area contributed by atoms with Crippen LogP contribution < -0.4 is 16.2 Å². The number of anilines is 1. The molecule has 146 valence electrons. The fourth-order valence-corrected chi connectivity index (χ4v) is 5.67. The second-order valence-electron chi connectivity index (χ2n) is 7.21. The van der Waals surface area contributed by atoms with E-state index < -0.39 is 11.2 Å². The monoisotopic (exact) mass is 415 g/mol. The normalized spacial score (nSPS) is 20.5. The van der Waals surface area contributed by atoms with Crippen LogP contribution in [-0.2, 0) is 22.4 Å². The van der Waals surface area contributed by atoms with Crippen LogP contribution in [0.25, 0.3) is 0 Å². The number of para-hydroxylation sites is 1. The SMILES string of the molecule is C[C@@H]1CCc2sc(C(=O)NNC(=O)C[C@@H]3Sc4ccccc4NC3=O)cc2C1. The van der Waals surface area contributed by atoms with Gasteiger partial charge in [0.05, 0.1) is 15.8 Å². The number of thioether (sulfide) groups is 1. The van der Waals surface area contributed by atoms with E-state index in [0.29, 0.717) is 10.8 Å². The number of amides is 3. The third-order valence-corrected chi connectivity index (χ3v) is 7.46. The molecule has 2 aliphatic rings.